The molecule has 9 heavy (non-hydrogen) atoms. The molecule has 0 N–H and O–H groups in total. The lowest BCUT2D eigenvalue weighted by Crippen LogP contribution is -2.22. The first-order chi connectivity index (χ1) is 4.09. The molecule has 0 nitrogen and oxygen atoms in total. The van der Waals surface area contributed by atoms with Crippen LogP contribution in [0.1, 0.15) is 6.92 Å². The van der Waals surface area contributed by atoms with Crippen LogP contribution in [0.5, 0.6) is 0 Å². The fraction of sp³-hybridized carbons (Fsp3) is 1.00. The Morgan fingerprint density at radius 1 is 1.22 bits per heavy atom. The van der Waals surface area contributed by atoms with Crippen LogP contribution in [-0.4, -0.2) is 16.2 Å². The molecule has 0 radical (unpaired) electrons. The summed E-state index contributed by atoms with van der Waals surface area (Å²) >= 11 is 10.0. The molecule has 0 aromatic rings. The zero-order valence-corrected chi connectivity index (χ0v) is 13.6. The van der Waals surface area contributed by atoms with Gasteiger partial charge in [0.05, 0.1) is 0 Å². The fourth-order valence-corrected chi connectivity index (χ4v) is 4.07. The van der Waals surface area contributed by atoms with Crippen molar-refractivity contribution >= 4 is 90.4 Å². The molecule has 0 fully saturated rings. The molecule has 0 aromatic carbocycles. The number of hydrogen-bond donors (Lipinski definition) is 0. The summed E-state index contributed by atoms with van der Waals surface area (Å²) in [7, 11) is 0. The van der Waals surface area contributed by atoms with Crippen molar-refractivity contribution in [1.82, 2.24) is 0 Å². The first-order valence-electron chi connectivity index (χ1n) is 2.57. The van der Waals surface area contributed by atoms with E-state index in [4.69, 9.17) is 0 Å². The minimum absolute atomic E-state index is 0.792. The molecular formula is C5H8I4. The van der Waals surface area contributed by atoms with Crippen molar-refractivity contribution in [3.63, 3.8) is 0 Å². The van der Waals surface area contributed by atoms with Gasteiger partial charge in [0.15, 0.2) is 0 Å². The summed E-state index contributed by atoms with van der Waals surface area (Å²) in [4.78, 5) is 0. The summed E-state index contributed by atoms with van der Waals surface area (Å²) in [6.45, 7) is 2.27. The molecule has 3 atom stereocenters. The van der Waals surface area contributed by atoms with Crippen LogP contribution in [0.15, 0.2) is 0 Å². The molecule has 0 aliphatic heterocycles. The number of halogens is 4. The summed E-state index contributed by atoms with van der Waals surface area (Å²) in [5.74, 6) is 0. The first kappa shape index (κ1) is 11.9. The molecule has 0 heterocycles. The Morgan fingerprint density at radius 3 is 1.78 bits per heavy atom. The van der Waals surface area contributed by atoms with E-state index in [0.29, 0.717) is 0 Å². The van der Waals surface area contributed by atoms with E-state index in [-0.39, 0.29) is 0 Å². The highest BCUT2D eigenvalue weighted by Gasteiger charge is 2.18. The van der Waals surface area contributed by atoms with Gasteiger partial charge in [0.25, 0.3) is 0 Å². The minimum atomic E-state index is 0.792. The minimum Gasteiger partial charge on any atom is -0.0852 e. The van der Waals surface area contributed by atoms with Crippen LogP contribution in [0.4, 0.5) is 0 Å². The maximum Gasteiger partial charge on any atom is 0.0350 e. The van der Waals surface area contributed by atoms with Crippen molar-refractivity contribution in [1.29, 1.82) is 0 Å². The second-order valence-electron chi connectivity index (χ2n) is 1.79. The standard InChI is InChI=1S/C5H8I4/c1-3(7)5(9)4(8)2-6/h3-5H,2H2,1H3. The van der Waals surface area contributed by atoms with Crippen LogP contribution in [0, 0.1) is 0 Å². The lowest BCUT2D eigenvalue weighted by Gasteiger charge is -2.16. The quantitative estimate of drug-likeness (QED) is 0.355. The van der Waals surface area contributed by atoms with E-state index in [9.17, 15) is 0 Å². The fourth-order valence-electron chi connectivity index (χ4n) is 0.373. The lowest BCUT2D eigenvalue weighted by molar-refractivity contribution is 0.911. The highest BCUT2D eigenvalue weighted by molar-refractivity contribution is 14.1. The van der Waals surface area contributed by atoms with Gasteiger partial charge in [0.1, 0.15) is 0 Å². The molecule has 0 spiro atoms. The highest BCUT2D eigenvalue weighted by atomic mass is 127. The summed E-state index contributed by atoms with van der Waals surface area (Å²) < 4.78 is 3.70. The molecule has 0 bridgehead atoms. The molecule has 56 valence electrons. The Kier molecular flexibility index (Phi) is 8.53. The Morgan fingerprint density at radius 2 is 1.67 bits per heavy atom. The lowest BCUT2D eigenvalue weighted by atomic mass is 10.3. The Labute approximate surface area is 111 Å². The van der Waals surface area contributed by atoms with Crippen molar-refractivity contribution < 1.29 is 0 Å². The topological polar surface area (TPSA) is 0 Å². The maximum absolute atomic E-state index is 2.54. The third-order valence-electron chi connectivity index (χ3n) is 0.932. The van der Waals surface area contributed by atoms with Crippen LogP contribution in [0.3, 0.4) is 0 Å². The molecule has 0 amide bonds. The normalized spacial score (nSPS) is 21.0. The van der Waals surface area contributed by atoms with E-state index in [2.05, 4.69) is 97.3 Å². The molecule has 4 heteroatoms. The zero-order valence-electron chi connectivity index (χ0n) is 4.95. The van der Waals surface area contributed by atoms with E-state index in [1.807, 2.05) is 0 Å². The summed E-state index contributed by atoms with van der Waals surface area (Å²) in [5.41, 5.74) is 0. The predicted octanol–water partition coefficient (Wildman–Crippen LogP) is 3.85. The number of hydrogen-bond acceptors (Lipinski definition) is 0. The van der Waals surface area contributed by atoms with Crippen LogP contribution >= 0.6 is 90.4 Å². The van der Waals surface area contributed by atoms with E-state index in [0.717, 1.165) is 11.8 Å². The average molecular weight is 576 g/mol. The van der Waals surface area contributed by atoms with Crippen LogP contribution in [0.2, 0.25) is 0 Å². The monoisotopic (exact) mass is 576 g/mol. The van der Waals surface area contributed by atoms with Crippen LogP contribution in [0.25, 0.3) is 0 Å². The molecule has 3 unspecified atom stereocenters. The van der Waals surface area contributed by atoms with Gasteiger partial charge in [0, 0.05) is 16.2 Å². The van der Waals surface area contributed by atoms with Gasteiger partial charge in [-0.25, -0.2) is 0 Å². The van der Waals surface area contributed by atoms with Crippen molar-refractivity contribution in [2.45, 2.75) is 18.7 Å². The third kappa shape index (κ3) is 5.21. The third-order valence-corrected chi connectivity index (χ3v) is 10.3. The first-order valence-corrected chi connectivity index (χ1v) is 7.84. The van der Waals surface area contributed by atoms with E-state index in [1.54, 1.807) is 0 Å². The van der Waals surface area contributed by atoms with Gasteiger partial charge in [-0.15, -0.1) is 0 Å². The molecule has 0 saturated heterocycles. The summed E-state index contributed by atoms with van der Waals surface area (Å²) in [6.07, 6.45) is 0. The predicted molar refractivity (Wildman–Crippen MR) is 78.0 cm³/mol. The van der Waals surface area contributed by atoms with Crippen molar-refractivity contribution in [3.05, 3.63) is 0 Å². The molecule has 0 rings (SSSR count). The van der Waals surface area contributed by atoms with Crippen molar-refractivity contribution in [2.75, 3.05) is 4.43 Å². The SMILES string of the molecule is CC(I)C(I)C(I)CI. The molecule has 0 saturated carbocycles. The molecule has 0 aromatic heterocycles. The van der Waals surface area contributed by atoms with Crippen LogP contribution < -0.4 is 0 Å². The van der Waals surface area contributed by atoms with E-state index in [1.165, 1.54) is 4.43 Å². The van der Waals surface area contributed by atoms with Gasteiger partial charge in [0.2, 0.25) is 0 Å². The second-order valence-corrected chi connectivity index (χ2v) is 7.68. The van der Waals surface area contributed by atoms with Crippen molar-refractivity contribution in [2.24, 2.45) is 0 Å². The smallest absolute Gasteiger partial charge is 0.0350 e. The zero-order chi connectivity index (χ0) is 7.44. The average Bonchev–Trinajstić information content (AvgIpc) is 1.84. The van der Waals surface area contributed by atoms with E-state index < -0.39 is 0 Å². The Hall–Kier alpha value is 2.92. The maximum atomic E-state index is 2.54. The van der Waals surface area contributed by atoms with Crippen molar-refractivity contribution in [3.8, 4) is 0 Å². The number of rotatable bonds is 3. The van der Waals surface area contributed by atoms with Gasteiger partial charge in [-0.3, -0.25) is 0 Å². The van der Waals surface area contributed by atoms with Gasteiger partial charge in [-0.05, 0) is 0 Å². The van der Waals surface area contributed by atoms with Gasteiger partial charge >= 0.3 is 0 Å². The molecular weight excluding hydrogens is 568 g/mol. The Balaban J connectivity index is 3.58. The summed E-state index contributed by atoms with van der Waals surface area (Å²) in [5, 5.41) is 0. The molecule has 0 aliphatic rings. The molecule has 0 aliphatic carbocycles. The van der Waals surface area contributed by atoms with Gasteiger partial charge in [-0.2, -0.15) is 0 Å². The van der Waals surface area contributed by atoms with Crippen LogP contribution in [-0.2, 0) is 0 Å². The Bertz CT molecular complexity index is 73.4. The van der Waals surface area contributed by atoms with Gasteiger partial charge in [-0.1, -0.05) is 97.3 Å². The van der Waals surface area contributed by atoms with Gasteiger partial charge < -0.3 is 0 Å². The summed E-state index contributed by atoms with van der Waals surface area (Å²) in [6, 6.07) is 0. The number of alkyl halides is 4. The largest absolute Gasteiger partial charge is 0.0852 e. The highest BCUT2D eigenvalue weighted by Crippen LogP contribution is 2.25. The second kappa shape index (κ2) is 6.44. The van der Waals surface area contributed by atoms with E-state index >= 15 is 0 Å².